The minimum Gasteiger partial charge on any atom is -0.456 e. The van der Waals surface area contributed by atoms with E-state index in [1.165, 1.54) is 49.2 Å². The van der Waals surface area contributed by atoms with Crippen molar-refractivity contribution >= 4 is 71.3 Å². The third kappa shape index (κ3) is 4.50. The molecular weight excluding hydrogens is 607 g/mol. The van der Waals surface area contributed by atoms with Crippen LogP contribution in [-0.4, -0.2) is 0 Å². The number of fused-ring (bicyclic) bond motifs is 6. The molecule has 0 aliphatic carbocycles. The summed E-state index contributed by atoms with van der Waals surface area (Å²) >= 11 is 0. The van der Waals surface area contributed by atoms with Gasteiger partial charge in [-0.3, -0.25) is 0 Å². The molecule has 0 aliphatic heterocycles. The predicted octanol–water partition coefficient (Wildman–Crippen LogP) is 13.8. The largest absolute Gasteiger partial charge is 0.456 e. The van der Waals surface area contributed by atoms with Crippen LogP contribution < -0.4 is 4.90 Å². The van der Waals surface area contributed by atoms with Crippen LogP contribution in [-0.2, 0) is 0 Å². The molecule has 50 heavy (non-hydrogen) atoms. The Balaban J connectivity index is 1.30. The summed E-state index contributed by atoms with van der Waals surface area (Å²) < 4.78 is 6.34. The number of hydrogen-bond acceptors (Lipinski definition) is 2. The van der Waals surface area contributed by atoms with Crippen molar-refractivity contribution in [2.75, 3.05) is 4.90 Å². The zero-order valence-electron chi connectivity index (χ0n) is 27.3. The van der Waals surface area contributed by atoms with E-state index in [1.807, 2.05) is 12.1 Å². The summed E-state index contributed by atoms with van der Waals surface area (Å²) in [6.45, 7) is 0. The van der Waals surface area contributed by atoms with Crippen molar-refractivity contribution < 1.29 is 4.42 Å². The first-order valence-corrected chi connectivity index (χ1v) is 17.1. The Morgan fingerprint density at radius 2 is 0.800 bits per heavy atom. The molecule has 0 saturated heterocycles. The number of benzene rings is 9. The van der Waals surface area contributed by atoms with Crippen LogP contribution in [0, 0.1) is 0 Å². The van der Waals surface area contributed by atoms with Crippen molar-refractivity contribution in [2.24, 2.45) is 0 Å². The summed E-state index contributed by atoms with van der Waals surface area (Å²) in [7, 11) is 0. The average Bonchev–Trinajstić information content (AvgIpc) is 3.55. The van der Waals surface area contributed by atoms with Gasteiger partial charge in [0.2, 0.25) is 0 Å². The maximum Gasteiger partial charge on any atom is 0.136 e. The Kier molecular flexibility index (Phi) is 6.53. The highest BCUT2D eigenvalue weighted by atomic mass is 16.3. The van der Waals surface area contributed by atoms with Gasteiger partial charge in [0.05, 0.1) is 17.1 Å². The van der Waals surface area contributed by atoms with Gasteiger partial charge < -0.3 is 9.32 Å². The van der Waals surface area contributed by atoms with Gasteiger partial charge in [-0.1, -0.05) is 152 Å². The molecule has 234 valence electrons. The molecule has 10 aromatic rings. The zero-order chi connectivity index (χ0) is 33.0. The molecule has 1 heterocycles. The van der Waals surface area contributed by atoms with E-state index in [0.717, 1.165) is 44.4 Å². The second-order valence-corrected chi connectivity index (χ2v) is 12.9. The SMILES string of the molecule is c1ccc(-c2ccc(N(c3cccc4cc5oc6ccccc6c5cc34)c3ccc(-c4ccccc4)c4ccccc34)c3ccccc23)cc1. The van der Waals surface area contributed by atoms with Crippen LogP contribution in [0.4, 0.5) is 17.1 Å². The summed E-state index contributed by atoms with van der Waals surface area (Å²) in [5.74, 6) is 0. The van der Waals surface area contributed by atoms with Crippen LogP contribution in [0.3, 0.4) is 0 Å². The van der Waals surface area contributed by atoms with E-state index in [9.17, 15) is 0 Å². The quantitative estimate of drug-likeness (QED) is 0.187. The molecule has 0 saturated carbocycles. The lowest BCUT2D eigenvalue weighted by molar-refractivity contribution is 0.669. The fourth-order valence-electron chi connectivity index (χ4n) is 7.76. The highest BCUT2D eigenvalue weighted by Crippen LogP contribution is 2.48. The molecule has 10 rings (SSSR count). The molecule has 0 spiro atoms. The van der Waals surface area contributed by atoms with Crippen LogP contribution in [0.5, 0.6) is 0 Å². The number of rotatable bonds is 5. The van der Waals surface area contributed by atoms with Crippen LogP contribution in [0.15, 0.2) is 192 Å². The molecule has 0 radical (unpaired) electrons. The standard InChI is InChI=1S/C48H31NO/c1-3-14-32(15-4-1)35-26-28-45(39-21-9-7-19-37(35)39)49(46-29-27-36(33-16-5-2-6-17-33)38-20-8-10-22-40(38)46)44-24-13-18-34-30-48-43(31-42(34)44)41-23-11-12-25-47(41)50-48/h1-31H. The van der Waals surface area contributed by atoms with E-state index in [1.54, 1.807) is 0 Å². The first-order valence-electron chi connectivity index (χ1n) is 17.1. The normalized spacial score (nSPS) is 11.6. The highest BCUT2D eigenvalue weighted by molar-refractivity contribution is 6.16. The zero-order valence-corrected chi connectivity index (χ0v) is 27.3. The van der Waals surface area contributed by atoms with Gasteiger partial charge in [-0.15, -0.1) is 0 Å². The third-order valence-corrected chi connectivity index (χ3v) is 10.0. The van der Waals surface area contributed by atoms with Crippen molar-refractivity contribution in [1.29, 1.82) is 0 Å². The fourth-order valence-corrected chi connectivity index (χ4v) is 7.76. The Labute approximate surface area is 290 Å². The van der Waals surface area contributed by atoms with E-state index >= 15 is 0 Å². The molecule has 9 aromatic carbocycles. The molecule has 0 aliphatic rings. The third-order valence-electron chi connectivity index (χ3n) is 10.0. The molecule has 1 aromatic heterocycles. The van der Waals surface area contributed by atoms with Crippen molar-refractivity contribution in [2.45, 2.75) is 0 Å². The van der Waals surface area contributed by atoms with Gasteiger partial charge in [0.1, 0.15) is 11.2 Å². The summed E-state index contributed by atoms with van der Waals surface area (Å²) in [6.07, 6.45) is 0. The van der Waals surface area contributed by atoms with Crippen molar-refractivity contribution in [3.8, 4) is 22.3 Å². The monoisotopic (exact) mass is 637 g/mol. The van der Waals surface area contributed by atoms with Gasteiger partial charge in [-0.2, -0.15) is 0 Å². The lowest BCUT2D eigenvalue weighted by atomic mass is 9.94. The lowest BCUT2D eigenvalue weighted by Crippen LogP contribution is -2.12. The molecule has 2 nitrogen and oxygen atoms in total. The van der Waals surface area contributed by atoms with Gasteiger partial charge in [-0.05, 0) is 74.8 Å². The van der Waals surface area contributed by atoms with Crippen LogP contribution in [0.1, 0.15) is 0 Å². The Morgan fingerprint density at radius 1 is 0.300 bits per heavy atom. The summed E-state index contributed by atoms with van der Waals surface area (Å²) in [6, 6.07) is 67.6. The minimum atomic E-state index is 0.901. The molecule has 0 bridgehead atoms. The van der Waals surface area contributed by atoms with E-state index < -0.39 is 0 Å². The minimum absolute atomic E-state index is 0.901. The maximum absolute atomic E-state index is 6.34. The van der Waals surface area contributed by atoms with E-state index in [2.05, 4.69) is 181 Å². The number of hydrogen-bond donors (Lipinski definition) is 0. The Bertz CT molecular complexity index is 2750. The van der Waals surface area contributed by atoms with Crippen LogP contribution in [0.2, 0.25) is 0 Å². The maximum atomic E-state index is 6.34. The molecular formula is C48H31NO. The van der Waals surface area contributed by atoms with E-state index in [4.69, 9.17) is 4.42 Å². The first-order chi connectivity index (χ1) is 24.8. The summed E-state index contributed by atoms with van der Waals surface area (Å²) in [4.78, 5) is 2.48. The Hall–Kier alpha value is -6.64. The Morgan fingerprint density at radius 3 is 1.40 bits per heavy atom. The number of para-hydroxylation sites is 1. The first kappa shape index (κ1) is 28.4. The highest BCUT2D eigenvalue weighted by Gasteiger charge is 2.22. The second-order valence-electron chi connectivity index (χ2n) is 12.9. The van der Waals surface area contributed by atoms with Gasteiger partial charge in [0.15, 0.2) is 0 Å². The van der Waals surface area contributed by atoms with Crippen molar-refractivity contribution in [1.82, 2.24) is 0 Å². The predicted molar refractivity (Wildman–Crippen MR) is 212 cm³/mol. The van der Waals surface area contributed by atoms with Gasteiger partial charge in [0, 0.05) is 26.9 Å². The van der Waals surface area contributed by atoms with Crippen LogP contribution >= 0.6 is 0 Å². The van der Waals surface area contributed by atoms with Gasteiger partial charge >= 0.3 is 0 Å². The smallest absolute Gasteiger partial charge is 0.136 e. The molecule has 0 atom stereocenters. The topological polar surface area (TPSA) is 16.4 Å². The van der Waals surface area contributed by atoms with Crippen LogP contribution in [0.25, 0.3) is 76.5 Å². The number of anilines is 3. The molecule has 0 N–H and O–H groups in total. The second kappa shape index (κ2) is 11.5. The summed E-state index contributed by atoms with van der Waals surface area (Å²) in [5, 5.41) is 9.36. The number of nitrogens with zero attached hydrogens (tertiary/aromatic N) is 1. The molecule has 2 heteroatoms. The molecule has 0 amide bonds. The van der Waals surface area contributed by atoms with Crippen molar-refractivity contribution in [3.63, 3.8) is 0 Å². The van der Waals surface area contributed by atoms with Crippen molar-refractivity contribution in [3.05, 3.63) is 188 Å². The fraction of sp³-hybridized carbons (Fsp3) is 0. The van der Waals surface area contributed by atoms with E-state index in [-0.39, 0.29) is 0 Å². The van der Waals surface area contributed by atoms with Gasteiger partial charge in [-0.25, -0.2) is 0 Å². The molecule has 0 fully saturated rings. The number of furan rings is 1. The average molecular weight is 638 g/mol. The lowest BCUT2D eigenvalue weighted by Gasteiger charge is -2.30. The van der Waals surface area contributed by atoms with E-state index in [0.29, 0.717) is 0 Å². The molecule has 0 unspecified atom stereocenters. The summed E-state index contributed by atoms with van der Waals surface area (Å²) in [5.41, 5.74) is 10.0. The van der Waals surface area contributed by atoms with Gasteiger partial charge in [0.25, 0.3) is 0 Å².